The highest BCUT2D eigenvalue weighted by atomic mass is 79.9. The van der Waals surface area contributed by atoms with Crippen molar-refractivity contribution in [1.82, 2.24) is 14.8 Å². The first-order valence-electron chi connectivity index (χ1n) is 6.41. The van der Waals surface area contributed by atoms with E-state index in [4.69, 9.17) is 0 Å². The maximum Gasteiger partial charge on any atom is 0.417 e. The molecule has 2 saturated heterocycles. The van der Waals surface area contributed by atoms with E-state index in [1.165, 1.54) is 6.20 Å². The average molecular weight is 354 g/mol. The van der Waals surface area contributed by atoms with Gasteiger partial charge < -0.3 is 9.64 Å². The number of hydrogen-bond acceptors (Lipinski definition) is 5. The minimum Gasteiger partial charge on any atom is -0.439 e. The highest BCUT2D eigenvalue weighted by Crippen LogP contribution is 2.22. The number of nitrogens with zero attached hydrogens (tertiary/aromatic N) is 3. The van der Waals surface area contributed by atoms with E-state index in [0.717, 1.165) is 9.37 Å². The summed E-state index contributed by atoms with van der Waals surface area (Å²) in [5.41, 5.74) is 0.513. The van der Waals surface area contributed by atoms with Gasteiger partial charge in [0.05, 0.1) is 5.56 Å². The van der Waals surface area contributed by atoms with Crippen molar-refractivity contribution in [2.24, 2.45) is 5.92 Å². The summed E-state index contributed by atoms with van der Waals surface area (Å²) in [6.07, 6.45) is 2.53. The highest BCUT2D eigenvalue weighted by molar-refractivity contribution is 9.10. The molecule has 3 rings (SSSR count). The first-order chi connectivity index (χ1) is 10.0. The molecule has 0 saturated carbocycles. The van der Waals surface area contributed by atoms with Gasteiger partial charge in [0.1, 0.15) is 0 Å². The van der Waals surface area contributed by atoms with Crippen LogP contribution in [0, 0.1) is 5.92 Å². The summed E-state index contributed by atoms with van der Waals surface area (Å²) in [6.45, 7) is 1.15. The smallest absolute Gasteiger partial charge is 0.417 e. The van der Waals surface area contributed by atoms with Crippen molar-refractivity contribution in [2.45, 2.75) is 0 Å². The third kappa shape index (κ3) is 2.76. The van der Waals surface area contributed by atoms with Crippen molar-refractivity contribution in [3.05, 3.63) is 28.5 Å². The number of pyridine rings is 1. The van der Waals surface area contributed by atoms with Crippen LogP contribution in [0.4, 0.5) is 4.79 Å². The third-order valence-corrected chi connectivity index (χ3v) is 3.91. The Morgan fingerprint density at radius 2 is 2.14 bits per heavy atom. The predicted octanol–water partition coefficient (Wildman–Crippen LogP) is 0.895. The summed E-state index contributed by atoms with van der Waals surface area (Å²) in [5.74, 6) is -0.319. The lowest BCUT2D eigenvalue weighted by Crippen LogP contribution is -2.54. The zero-order valence-electron chi connectivity index (χ0n) is 11.0. The largest absolute Gasteiger partial charge is 0.439 e. The fourth-order valence-electron chi connectivity index (χ4n) is 2.38. The monoisotopic (exact) mass is 353 g/mol. The van der Waals surface area contributed by atoms with Gasteiger partial charge in [-0.2, -0.15) is 0 Å². The molecule has 0 atom stereocenters. The second-order valence-electron chi connectivity index (χ2n) is 5.03. The Morgan fingerprint density at radius 1 is 1.38 bits per heavy atom. The van der Waals surface area contributed by atoms with Crippen molar-refractivity contribution < 1.29 is 19.1 Å². The Bertz CT molecular complexity index is 599. The van der Waals surface area contributed by atoms with Crippen LogP contribution >= 0.6 is 15.9 Å². The second kappa shape index (κ2) is 5.44. The minimum atomic E-state index is -0.596. The van der Waals surface area contributed by atoms with Crippen LogP contribution in [0.5, 0.6) is 0 Å². The van der Waals surface area contributed by atoms with Crippen molar-refractivity contribution in [2.75, 3.05) is 26.2 Å². The van der Waals surface area contributed by atoms with Gasteiger partial charge in [-0.3, -0.25) is 14.6 Å². The Labute approximate surface area is 129 Å². The first kappa shape index (κ1) is 14.0. The van der Waals surface area contributed by atoms with E-state index >= 15 is 0 Å². The van der Waals surface area contributed by atoms with Gasteiger partial charge in [0.15, 0.2) is 6.61 Å². The van der Waals surface area contributed by atoms with Gasteiger partial charge in [-0.1, -0.05) is 0 Å². The number of carbonyl (C=O) groups excluding carboxylic acids is 3. The van der Waals surface area contributed by atoms with Crippen LogP contribution in [-0.2, 0) is 9.53 Å². The number of halogens is 1. The second-order valence-corrected chi connectivity index (χ2v) is 5.94. The number of cyclic esters (lactones) is 1. The number of ether oxygens (including phenoxy) is 1. The van der Waals surface area contributed by atoms with E-state index in [-0.39, 0.29) is 24.3 Å². The van der Waals surface area contributed by atoms with Crippen LogP contribution in [-0.4, -0.2) is 58.9 Å². The molecule has 7 nitrogen and oxygen atoms in total. The molecule has 1 aromatic heterocycles. The molecule has 3 amide bonds. The van der Waals surface area contributed by atoms with Crippen LogP contribution in [0.3, 0.4) is 0 Å². The average Bonchev–Trinajstić information content (AvgIpc) is 2.72. The number of carbonyl (C=O) groups is 3. The summed E-state index contributed by atoms with van der Waals surface area (Å²) in [7, 11) is 0. The van der Waals surface area contributed by atoms with Crippen LogP contribution in [0.1, 0.15) is 10.4 Å². The summed E-state index contributed by atoms with van der Waals surface area (Å²) >= 11 is 3.27. The first-order valence-corrected chi connectivity index (χ1v) is 7.21. The number of imide groups is 1. The predicted molar refractivity (Wildman–Crippen MR) is 74.4 cm³/mol. The van der Waals surface area contributed by atoms with Crippen molar-refractivity contribution in [1.29, 1.82) is 0 Å². The number of likely N-dealkylation sites (tertiary alicyclic amines) is 1. The summed E-state index contributed by atoms with van der Waals surface area (Å²) in [5, 5.41) is 0. The van der Waals surface area contributed by atoms with Gasteiger partial charge in [-0.15, -0.1) is 0 Å². The van der Waals surface area contributed by atoms with Crippen LogP contribution in [0.25, 0.3) is 0 Å². The fraction of sp³-hybridized carbons (Fsp3) is 0.385. The molecule has 0 aromatic carbocycles. The highest BCUT2D eigenvalue weighted by Gasteiger charge is 2.38. The van der Waals surface area contributed by atoms with Crippen molar-refractivity contribution >= 4 is 33.8 Å². The van der Waals surface area contributed by atoms with Crippen LogP contribution < -0.4 is 0 Å². The maximum atomic E-state index is 12.2. The molecule has 0 bridgehead atoms. The van der Waals surface area contributed by atoms with Crippen LogP contribution in [0.2, 0.25) is 0 Å². The van der Waals surface area contributed by atoms with Crippen molar-refractivity contribution in [3.8, 4) is 0 Å². The van der Waals surface area contributed by atoms with Gasteiger partial charge in [0, 0.05) is 42.4 Å². The molecule has 3 heterocycles. The normalized spacial score (nSPS) is 18.7. The fourth-order valence-corrected chi connectivity index (χ4v) is 2.74. The summed E-state index contributed by atoms with van der Waals surface area (Å²) < 4.78 is 5.39. The van der Waals surface area contributed by atoms with E-state index in [0.29, 0.717) is 25.2 Å². The zero-order chi connectivity index (χ0) is 15.0. The Kier molecular flexibility index (Phi) is 3.62. The standard InChI is InChI=1S/C13H12BrN3O4/c14-10-1-9(2-15-3-10)12(19)16-4-8(5-16)6-17-11(18)7-21-13(17)20/h1-3,8H,4-7H2. The van der Waals surface area contributed by atoms with Gasteiger partial charge in [0.25, 0.3) is 11.8 Å². The zero-order valence-corrected chi connectivity index (χ0v) is 12.6. The molecule has 2 aliphatic heterocycles. The summed E-state index contributed by atoms with van der Waals surface area (Å²) in [4.78, 5) is 41.7. The van der Waals surface area contributed by atoms with E-state index in [1.54, 1.807) is 17.2 Å². The van der Waals surface area contributed by atoms with Gasteiger partial charge >= 0.3 is 6.09 Å². The van der Waals surface area contributed by atoms with Gasteiger partial charge in [-0.25, -0.2) is 9.69 Å². The Morgan fingerprint density at radius 3 is 2.76 bits per heavy atom. The molecule has 2 fully saturated rings. The molecule has 0 aliphatic carbocycles. The molecule has 0 unspecified atom stereocenters. The lowest BCUT2D eigenvalue weighted by Gasteiger charge is -2.40. The Hall–Kier alpha value is -1.96. The molecular formula is C13H12BrN3O4. The molecule has 21 heavy (non-hydrogen) atoms. The molecule has 110 valence electrons. The van der Waals surface area contributed by atoms with Gasteiger partial charge in [0.2, 0.25) is 0 Å². The van der Waals surface area contributed by atoms with Gasteiger partial charge in [-0.05, 0) is 22.0 Å². The summed E-state index contributed by atoms with van der Waals surface area (Å²) in [6, 6.07) is 1.71. The lowest BCUT2D eigenvalue weighted by molar-refractivity contribution is -0.126. The lowest BCUT2D eigenvalue weighted by atomic mass is 9.98. The molecular weight excluding hydrogens is 342 g/mol. The maximum absolute atomic E-state index is 12.2. The molecule has 0 spiro atoms. The van der Waals surface area contributed by atoms with E-state index in [1.807, 2.05) is 0 Å². The molecule has 1 aromatic rings. The van der Waals surface area contributed by atoms with E-state index in [2.05, 4.69) is 25.7 Å². The minimum absolute atomic E-state index is 0.101. The molecule has 2 aliphatic rings. The van der Waals surface area contributed by atoms with Crippen LogP contribution in [0.15, 0.2) is 22.9 Å². The quantitative estimate of drug-likeness (QED) is 0.806. The topological polar surface area (TPSA) is 79.8 Å². The van der Waals surface area contributed by atoms with E-state index < -0.39 is 6.09 Å². The van der Waals surface area contributed by atoms with E-state index in [9.17, 15) is 14.4 Å². The Balaban J connectivity index is 1.55. The molecule has 0 N–H and O–H groups in total. The third-order valence-electron chi connectivity index (χ3n) is 3.48. The number of amides is 3. The number of hydrogen-bond donors (Lipinski definition) is 0. The molecule has 8 heteroatoms. The SMILES string of the molecule is O=C(c1cncc(Br)c1)N1CC(CN2C(=O)COC2=O)C1. The number of rotatable bonds is 3. The van der Waals surface area contributed by atoms with Crippen molar-refractivity contribution in [3.63, 3.8) is 0 Å². The molecule has 0 radical (unpaired) electrons. The number of aromatic nitrogens is 1.